The van der Waals surface area contributed by atoms with Crippen molar-refractivity contribution in [3.05, 3.63) is 69.9 Å². The Kier molecular flexibility index (Phi) is 5.80. The van der Waals surface area contributed by atoms with E-state index < -0.39 is 11.8 Å². The number of amides is 3. The third-order valence-corrected chi connectivity index (χ3v) is 5.68. The van der Waals surface area contributed by atoms with Gasteiger partial charge in [-0.1, -0.05) is 23.7 Å². The summed E-state index contributed by atoms with van der Waals surface area (Å²) in [6.07, 6.45) is 0. The molecule has 0 unspecified atom stereocenters. The second-order valence-corrected chi connectivity index (χ2v) is 7.91. The molecule has 1 fully saturated rings. The highest BCUT2D eigenvalue weighted by Gasteiger charge is 2.39. The quantitative estimate of drug-likeness (QED) is 0.740. The summed E-state index contributed by atoms with van der Waals surface area (Å²) in [6, 6.07) is 12.3. The summed E-state index contributed by atoms with van der Waals surface area (Å²) >= 11 is 6.23. The zero-order valence-electron chi connectivity index (χ0n) is 17.3. The lowest BCUT2D eigenvalue weighted by Gasteiger charge is -2.26. The Hall–Kier alpha value is -3.16. The Morgan fingerprint density at radius 3 is 2.35 bits per heavy atom. The smallest absolute Gasteiger partial charge is 0.283 e. The van der Waals surface area contributed by atoms with Crippen molar-refractivity contribution in [2.75, 3.05) is 36.5 Å². The van der Waals surface area contributed by atoms with Crippen molar-refractivity contribution < 1.29 is 19.1 Å². The maximum atomic E-state index is 13.0. The Bertz CT molecular complexity index is 1090. The number of carbonyl (C=O) groups excluding carboxylic acids is 3. The average Bonchev–Trinajstić information content (AvgIpc) is 2.99. The molecule has 0 radical (unpaired) electrons. The molecular weight excluding hydrogens is 418 g/mol. The van der Waals surface area contributed by atoms with Crippen LogP contribution in [0.2, 0.25) is 0 Å². The highest BCUT2D eigenvalue weighted by molar-refractivity contribution is 6.53. The van der Waals surface area contributed by atoms with Gasteiger partial charge in [-0.3, -0.25) is 14.4 Å². The van der Waals surface area contributed by atoms with Crippen LogP contribution in [0.1, 0.15) is 21.5 Å². The minimum Gasteiger partial charge on any atom is -0.378 e. The summed E-state index contributed by atoms with van der Waals surface area (Å²) in [6.45, 7) is 5.91. The van der Waals surface area contributed by atoms with E-state index in [9.17, 15) is 14.4 Å². The van der Waals surface area contributed by atoms with E-state index in [2.05, 4.69) is 5.32 Å². The standard InChI is InChI=1S/C23H22ClN3O4/c1-14-3-4-15(2)18(13-14)27-22(29)19(24)20(23(27)30)25-17-7-5-16(6-8-17)21(28)26-9-11-31-12-10-26/h3-8,13,25H,9-12H2,1-2H3. The lowest BCUT2D eigenvalue weighted by Crippen LogP contribution is -2.40. The molecule has 2 aliphatic heterocycles. The van der Waals surface area contributed by atoms with Crippen molar-refractivity contribution >= 4 is 40.7 Å². The molecule has 0 atom stereocenters. The number of hydrogen-bond acceptors (Lipinski definition) is 5. The van der Waals surface area contributed by atoms with E-state index in [4.69, 9.17) is 16.3 Å². The van der Waals surface area contributed by atoms with E-state index in [-0.39, 0.29) is 16.6 Å². The lowest BCUT2D eigenvalue weighted by atomic mass is 10.1. The second-order valence-electron chi connectivity index (χ2n) is 7.53. The molecule has 1 N–H and O–H groups in total. The first-order chi connectivity index (χ1) is 14.9. The zero-order valence-corrected chi connectivity index (χ0v) is 18.0. The van der Waals surface area contributed by atoms with Crippen LogP contribution in [0, 0.1) is 13.8 Å². The Morgan fingerprint density at radius 1 is 1.00 bits per heavy atom. The van der Waals surface area contributed by atoms with Crippen LogP contribution < -0.4 is 10.2 Å². The van der Waals surface area contributed by atoms with E-state index in [0.717, 1.165) is 16.0 Å². The van der Waals surface area contributed by atoms with Crippen molar-refractivity contribution in [1.29, 1.82) is 0 Å². The molecular formula is C23H22ClN3O4. The van der Waals surface area contributed by atoms with Gasteiger partial charge in [0, 0.05) is 24.3 Å². The van der Waals surface area contributed by atoms with E-state index >= 15 is 0 Å². The monoisotopic (exact) mass is 439 g/mol. The van der Waals surface area contributed by atoms with Crippen LogP contribution in [0.3, 0.4) is 0 Å². The third-order valence-electron chi connectivity index (χ3n) is 5.33. The van der Waals surface area contributed by atoms with Crippen molar-refractivity contribution in [2.45, 2.75) is 13.8 Å². The molecule has 0 aliphatic carbocycles. The van der Waals surface area contributed by atoms with Crippen LogP contribution in [0.25, 0.3) is 0 Å². The van der Waals surface area contributed by atoms with Gasteiger partial charge in [0.25, 0.3) is 17.7 Å². The molecule has 0 saturated carbocycles. The lowest BCUT2D eigenvalue weighted by molar-refractivity contribution is -0.120. The summed E-state index contributed by atoms with van der Waals surface area (Å²) in [5.74, 6) is -1.15. The van der Waals surface area contributed by atoms with Crippen LogP contribution in [0.5, 0.6) is 0 Å². The van der Waals surface area contributed by atoms with Gasteiger partial charge in [-0.05, 0) is 55.3 Å². The minimum absolute atomic E-state index is 0.0137. The first-order valence-electron chi connectivity index (χ1n) is 9.96. The fraction of sp³-hybridized carbons (Fsp3) is 0.261. The highest BCUT2D eigenvalue weighted by Crippen LogP contribution is 2.32. The molecule has 0 spiro atoms. The molecule has 160 valence electrons. The van der Waals surface area contributed by atoms with Crippen molar-refractivity contribution in [3.8, 4) is 0 Å². The van der Waals surface area contributed by atoms with Crippen molar-refractivity contribution in [2.24, 2.45) is 0 Å². The summed E-state index contributed by atoms with van der Waals surface area (Å²) in [7, 11) is 0. The van der Waals surface area contributed by atoms with Crippen molar-refractivity contribution in [3.63, 3.8) is 0 Å². The van der Waals surface area contributed by atoms with Crippen LogP contribution in [0.15, 0.2) is 53.2 Å². The van der Waals surface area contributed by atoms with Crippen LogP contribution in [-0.2, 0) is 14.3 Å². The van der Waals surface area contributed by atoms with Crippen LogP contribution in [0.4, 0.5) is 11.4 Å². The number of hydrogen-bond donors (Lipinski definition) is 1. The fourth-order valence-electron chi connectivity index (χ4n) is 3.58. The molecule has 2 heterocycles. The number of imide groups is 1. The predicted molar refractivity (Wildman–Crippen MR) is 118 cm³/mol. The Morgan fingerprint density at radius 2 is 1.68 bits per heavy atom. The van der Waals surface area contributed by atoms with Gasteiger partial charge < -0.3 is 15.0 Å². The van der Waals surface area contributed by atoms with Crippen LogP contribution >= 0.6 is 11.6 Å². The summed E-state index contributed by atoms with van der Waals surface area (Å²) in [4.78, 5) is 41.1. The average molecular weight is 440 g/mol. The molecule has 2 aliphatic rings. The van der Waals surface area contributed by atoms with Gasteiger partial charge in [-0.15, -0.1) is 0 Å². The molecule has 7 nitrogen and oxygen atoms in total. The van der Waals surface area contributed by atoms with Gasteiger partial charge in [0.05, 0.1) is 18.9 Å². The molecule has 8 heteroatoms. The van der Waals surface area contributed by atoms with E-state index in [0.29, 0.717) is 43.2 Å². The normalized spacial score (nSPS) is 16.9. The maximum Gasteiger partial charge on any atom is 0.283 e. The Labute approximate surface area is 185 Å². The number of ether oxygens (including phenoxy) is 1. The number of anilines is 2. The minimum atomic E-state index is -0.568. The first-order valence-corrected chi connectivity index (χ1v) is 10.3. The number of carbonyl (C=O) groups is 3. The maximum absolute atomic E-state index is 13.0. The van der Waals surface area contributed by atoms with E-state index in [1.165, 1.54) is 0 Å². The summed E-state index contributed by atoms with van der Waals surface area (Å²) < 4.78 is 5.28. The second kappa shape index (κ2) is 8.53. The SMILES string of the molecule is Cc1ccc(C)c(N2C(=O)C(Cl)=C(Nc3ccc(C(=O)N4CCOCC4)cc3)C2=O)c1. The first kappa shape index (κ1) is 21.1. The molecule has 3 amide bonds. The number of morpholine rings is 1. The number of nitrogens with zero attached hydrogens (tertiary/aromatic N) is 2. The highest BCUT2D eigenvalue weighted by atomic mass is 35.5. The molecule has 2 aromatic carbocycles. The van der Waals surface area contributed by atoms with Gasteiger partial charge in [-0.25, -0.2) is 4.90 Å². The predicted octanol–water partition coefficient (Wildman–Crippen LogP) is 3.21. The molecule has 4 rings (SSSR count). The number of aryl methyl sites for hydroxylation is 2. The number of nitrogens with one attached hydrogen (secondary N) is 1. The molecule has 1 saturated heterocycles. The van der Waals surface area contributed by atoms with Gasteiger partial charge >= 0.3 is 0 Å². The molecule has 0 aromatic heterocycles. The van der Waals surface area contributed by atoms with Gasteiger partial charge in [0.2, 0.25) is 0 Å². The fourth-order valence-corrected chi connectivity index (χ4v) is 3.79. The summed E-state index contributed by atoms with van der Waals surface area (Å²) in [5.41, 5.74) is 3.34. The molecule has 2 aromatic rings. The Balaban J connectivity index is 1.52. The van der Waals surface area contributed by atoms with E-state index in [1.807, 2.05) is 26.0 Å². The van der Waals surface area contributed by atoms with Gasteiger partial charge in [-0.2, -0.15) is 0 Å². The van der Waals surface area contributed by atoms with E-state index in [1.54, 1.807) is 35.2 Å². The van der Waals surface area contributed by atoms with Gasteiger partial charge in [0.1, 0.15) is 10.7 Å². The third kappa shape index (κ3) is 4.06. The van der Waals surface area contributed by atoms with Gasteiger partial charge in [0.15, 0.2) is 0 Å². The van der Waals surface area contributed by atoms with Crippen LogP contribution in [-0.4, -0.2) is 48.9 Å². The molecule has 0 bridgehead atoms. The van der Waals surface area contributed by atoms with Crippen molar-refractivity contribution in [1.82, 2.24) is 4.90 Å². The number of benzene rings is 2. The summed E-state index contributed by atoms with van der Waals surface area (Å²) in [5, 5.41) is 2.77. The number of rotatable bonds is 4. The topological polar surface area (TPSA) is 79.0 Å². The molecule has 31 heavy (non-hydrogen) atoms. The number of halogens is 1. The largest absolute Gasteiger partial charge is 0.378 e. The zero-order chi connectivity index (χ0) is 22.1.